The number of nitrogens with one attached hydrogen (secondary N) is 3. The van der Waals surface area contributed by atoms with Crippen molar-refractivity contribution in [1.82, 2.24) is 10.3 Å². The number of aryl methyl sites for hydroxylation is 1. The van der Waals surface area contributed by atoms with Crippen LogP contribution in [0.1, 0.15) is 12.1 Å². The Balaban J connectivity index is 0.00000133. The largest absolute Gasteiger partial charge is 0.359 e. The quantitative estimate of drug-likeness (QED) is 0.791. The molecule has 2 heterocycles. The number of amides is 1. The van der Waals surface area contributed by atoms with Gasteiger partial charge in [0.1, 0.15) is 0 Å². The molecular weight excluding hydrogens is 262 g/mol. The number of hydrogen-bond acceptors (Lipinski definition) is 2. The minimum atomic E-state index is 0. The molecule has 19 heavy (non-hydrogen) atoms. The monoisotopic (exact) mass is 279 g/mol. The van der Waals surface area contributed by atoms with Crippen LogP contribution in [-0.4, -0.2) is 24.0 Å². The van der Waals surface area contributed by atoms with Gasteiger partial charge in [-0.3, -0.25) is 4.79 Å². The Morgan fingerprint density at radius 3 is 2.95 bits per heavy atom. The van der Waals surface area contributed by atoms with Gasteiger partial charge in [0.25, 0.3) is 0 Å². The van der Waals surface area contributed by atoms with Gasteiger partial charge < -0.3 is 15.6 Å². The molecule has 1 unspecified atom stereocenters. The molecule has 1 fully saturated rings. The molecule has 1 aliphatic heterocycles. The maximum absolute atomic E-state index is 12.0. The summed E-state index contributed by atoms with van der Waals surface area (Å²) in [6, 6.07) is 8.05. The minimum absolute atomic E-state index is 0. The van der Waals surface area contributed by atoms with E-state index in [1.54, 1.807) is 0 Å². The summed E-state index contributed by atoms with van der Waals surface area (Å²) in [7, 11) is 0. The molecule has 1 saturated heterocycles. The van der Waals surface area contributed by atoms with E-state index in [0.717, 1.165) is 41.8 Å². The maximum Gasteiger partial charge on any atom is 0.228 e. The Kier molecular flexibility index (Phi) is 4.12. The average Bonchev–Trinajstić information content (AvgIpc) is 2.95. The molecule has 2 aromatic rings. The SMILES string of the molecule is Cc1cc2cc(NC(=O)C3CCNC3)ccc2[nH]1.Cl. The zero-order valence-corrected chi connectivity index (χ0v) is 11.6. The third-order valence-corrected chi connectivity index (χ3v) is 3.45. The van der Waals surface area contributed by atoms with Crippen LogP contribution in [0.15, 0.2) is 24.3 Å². The van der Waals surface area contributed by atoms with Crippen molar-refractivity contribution >= 4 is 34.9 Å². The highest BCUT2D eigenvalue weighted by atomic mass is 35.5. The van der Waals surface area contributed by atoms with E-state index >= 15 is 0 Å². The van der Waals surface area contributed by atoms with E-state index in [2.05, 4.69) is 21.7 Å². The van der Waals surface area contributed by atoms with Crippen molar-refractivity contribution in [1.29, 1.82) is 0 Å². The Hall–Kier alpha value is -1.52. The van der Waals surface area contributed by atoms with Crippen molar-refractivity contribution in [2.24, 2.45) is 5.92 Å². The first-order valence-corrected chi connectivity index (χ1v) is 6.33. The zero-order chi connectivity index (χ0) is 12.5. The van der Waals surface area contributed by atoms with Crippen LogP contribution in [0.5, 0.6) is 0 Å². The molecule has 0 spiro atoms. The van der Waals surface area contributed by atoms with Crippen molar-refractivity contribution in [3.05, 3.63) is 30.0 Å². The number of benzene rings is 1. The van der Waals surface area contributed by atoms with Gasteiger partial charge in [-0.05, 0) is 44.2 Å². The standard InChI is InChI=1S/C14H17N3O.ClH/c1-9-6-11-7-12(2-3-13(11)16-9)17-14(18)10-4-5-15-8-10;/h2-3,6-7,10,15-16H,4-5,8H2,1H3,(H,17,18);1H. The molecule has 1 aromatic heterocycles. The molecule has 0 saturated carbocycles. The highest BCUT2D eigenvalue weighted by molar-refractivity contribution is 5.95. The Bertz CT molecular complexity index is 587. The lowest BCUT2D eigenvalue weighted by molar-refractivity contribution is -0.119. The number of fused-ring (bicyclic) bond motifs is 1. The van der Waals surface area contributed by atoms with Gasteiger partial charge in [-0.15, -0.1) is 12.4 Å². The molecule has 1 aromatic carbocycles. The highest BCUT2D eigenvalue weighted by Gasteiger charge is 2.22. The maximum atomic E-state index is 12.0. The van der Waals surface area contributed by atoms with Crippen molar-refractivity contribution in [3.63, 3.8) is 0 Å². The average molecular weight is 280 g/mol. The summed E-state index contributed by atoms with van der Waals surface area (Å²) in [4.78, 5) is 15.3. The fraction of sp³-hybridized carbons (Fsp3) is 0.357. The van der Waals surface area contributed by atoms with Crippen LogP contribution in [0.3, 0.4) is 0 Å². The van der Waals surface area contributed by atoms with E-state index in [-0.39, 0.29) is 24.2 Å². The third-order valence-electron chi connectivity index (χ3n) is 3.45. The second-order valence-electron chi connectivity index (χ2n) is 4.93. The molecule has 0 radical (unpaired) electrons. The molecule has 0 bridgehead atoms. The summed E-state index contributed by atoms with van der Waals surface area (Å²) >= 11 is 0. The van der Waals surface area contributed by atoms with Crippen LogP contribution >= 0.6 is 12.4 Å². The van der Waals surface area contributed by atoms with Crippen molar-refractivity contribution in [3.8, 4) is 0 Å². The number of halogens is 1. The zero-order valence-electron chi connectivity index (χ0n) is 10.8. The fourth-order valence-corrected chi connectivity index (χ4v) is 2.48. The van der Waals surface area contributed by atoms with Crippen LogP contribution in [0.2, 0.25) is 0 Å². The summed E-state index contributed by atoms with van der Waals surface area (Å²) in [5.74, 6) is 0.222. The molecule has 5 heteroatoms. The third kappa shape index (κ3) is 2.91. The second kappa shape index (κ2) is 5.63. The van der Waals surface area contributed by atoms with Gasteiger partial charge in [-0.25, -0.2) is 0 Å². The summed E-state index contributed by atoms with van der Waals surface area (Å²) in [5.41, 5.74) is 3.11. The first-order valence-electron chi connectivity index (χ1n) is 6.33. The normalized spacial score (nSPS) is 18.3. The number of rotatable bonds is 2. The fourth-order valence-electron chi connectivity index (χ4n) is 2.48. The predicted octanol–water partition coefficient (Wildman–Crippen LogP) is 2.45. The predicted molar refractivity (Wildman–Crippen MR) is 79.9 cm³/mol. The topological polar surface area (TPSA) is 56.9 Å². The van der Waals surface area contributed by atoms with Crippen LogP contribution < -0.4 is 10.6 Å². The number of anilines is 1. The minimum Gasteiger partial charge on any atom is -0.359 e. The summed E-state index contributed by atoms with van der Waals surface area (Å²) in [5, 5.41) is 7.33. The van der Waals surface area contributed by atoms with Crippen LogP contribution in [-0.2, 0) is 4.79 Å². The summed E-state index contributed by atoms with van der Waals surface area (Å²) in [6.07, 6.45) is 0.928. The molecular formula is C14H18ClN3O. The van der Waals surface area contributed by atoms with Crippen molar-refractivity contribution < 1.29 is 4.79 Å². The highest BCUT2D eigenvalue weighted by Crippen LogP contribution is 2.20. The van der Waals surface area contributed by atoms with Gasteiger partial charge in [0, 0.05) is 28.8 Å². The number of carbonyl (C=O) groups excluding carboxylic acids is 1. The van der Waals surface area contributed by atoms with E-state index in [0.29, 0.717) is 0 Å². The number of aromatic amines is 1. The number of hydrogen-bond donors (Lipinski definition) is 3. The molecule has 0 aliphatic carbocycles. The lowest BCUT2D eigenvalue weighted by atomic mass is 10.1. The first-order chi connectivity index (χ1) is 8.72. The summed E-state index contributed by atoms with van der Waals surface area (Å²) in [6.45, 7) is 3.76. The lowest BCUT2D eigenvalue weighted by Crippen LogP contribution is -2.24. The Labute approximate surface area is 118 Å². The number of carbonyl (C=O) groups is 1. The van der Waals surface area contributed by atoms with Crippen LogP contribution in [0, 0.1) is 12.8 Å². The number of H-pyrrole nitrogens is 1. The van der Waals surface area contributed by atoms with Crippen LogP contribution in [0.25, 0.3) is 10.9 Å². The molecule has 1 amide bonds. The van der Waals surface area contributed by atoms with E-state index in [1.807, 2.05) is 25.1 Å². The van der Waals surface area contributed by atoms with Gasteiger partial charge in [0.2, 0.25) is 5.91 Å². The molecule has 3 N–H and O–H groups in total. The van der Waals surface area contributed by atoms with E-state index in [1.165, 1.54) is 0 Å². The molecule has 3 rings (SSSR count). The van der Waals surface area contributed by atoms with Gasteiger partial charge >= 0.3 is 0 Å². The lowest BCUT2D eigenvalue weighted by Gasteiger charge is -2.09. The molecule has 102 valence electrons. The molecule has 1 atom stereocenters. The van der Waals surface area contributed by atoms with E-state index in [9.17, 15) is 4.79 Å². The Morgan fingerprint density at radius 1 is 1.37 bits per heavy atom. The first kappa shape index (κ1) is 13.9. The smallest absolute Gasteiger partial charge is 0.228 e. The molecule has 4 nitrogen and oxygen atoms in total. The van der Waals surface area contributed by atoms with Gasteiger partial charge in [0.15, 0.2) is 0 Å². The molecule has 1 aliphatic rings. The van der Waals surface area contributed by atoms with E-state index < -0.39 is 0 Å². The van der Waals surface area contributed by atoms with E-state index in [4.69, 9.17) is 0 Å². The second-order valence-corrected chi connectivity index (χ2v) is 4.93. The van der Waals surface area contributed by atoms with Gasteiger partial charge in [-0.1, -0.05) is 0 Å². The summed E-state index contributed by atoms with van der Waals surface area (Å²) < 4.78 is 0. The van der Waals surface area contributed by atoms with Crippen LogP contribution in [0.4, 0.5) is 5.69 Å². The number of aromatic nitrogens is 1. The van der Waals surface area contributed by atoms with Crippen molar-refractivity contribution in [2.45, 2.75) is 13.3 Å². The van der Waals surface area contributed by atoms with Crippen molar-refractivity contribution in [2.75, 3.05) is 18.4 Å². The van der Waals surface area contributed by atoms with Gasteiger partial charge in [0.05, 0.1) is 5.92 Å². The van der Waals surface area contributed by atoms with Gasteiger partial charge in [-0.2, -0.15) is 0 Å². The Morgan fingerprint density at radius 2 is 2.21 bits per heavy atom.